The van der Waals surface area contributed by atoms with Gasteiger partial charge in [0.15, 0.2) is 0 Å². The van der Waals surface area contributed by atoms with Crippen LogP contribution in [0, 0.1) is 11.8 Å². The minimum atomic E-state index is -1.07. The summed E-state index contributed by atoms with van der Waals surface area (Å²) in [5, 5.41) is 20.8. The van der Waals surface area contributed by atoms with Crippen LogP contribution in [0.25, 0.3) is 21.5 Å². The first-order chi connectivity index (χ1) is 25.7. The Bertz CT molecular complexity index is 2570. The van der Waals surface area contributed by atoms with Crippen LogP contribution >= 0.6 is 12.4 Å². The summed E-state index contributed by atoms with van der Waals surface area (Å²) in [6.45, 7) is 5.99. The molecule has 14 heteroatoms. The van der Waals surface area contributed by atoms with E-state index in [-0.39, 0.29) is 58.7 Å². The first-order valence-corrected chi connectivity index (χ1v) is 20.2. The summed E-state index contributed by atoms with van der Waals surface area (Å²) >= 11 is 0. The van der Waals surface area contributed by atoms with Crippen molar-refractivity contribution in [1.82, 2.24) is 39.1 Å². The Balaban J connectivity index is 0.000000169. The molecule has 6 aliphatic rings. The number of rotatable bonds is 8. The first kappa shape index (κ1) is 39.8. The van der Waals surface area contributed by atoms with Gasteiger partial charge in [-0.25, -0.2) is 9.36 Å². The van der Waals surface area contributed by atoms with Crippen LogP contribution in [0.4, 0.5) is 0 Å². The molecule has 6 fully saturated rings. The van der Waals surface area contributed by atoms with Gasteiger partial charge in [0, 0.05) is 70.7 Å². The zero-order chi connectivity index (χ0) is 37.7. The van der Waals surface area contributed by atoms with Crippen LogP contribution in [0.3, 0.4) is 0 Å². The largest absolute Gasteiger partial charge is 0.319 e. The van der Waals surface area contributed by atoms with Gasteiger partial charge in [0.05, 0.1) is 29.0 Å². The summed E-state index contributed by atoms with van der Waals surface area (Å²) in [7, 11) is 2.44. The monoisotopic (exact) mass is 797 g/mol. The van der Waals surface area contributed by atoms with Crippen molar-refractivity contribution < 1.29 is 4.21 Å². The van der Waals surface area contributed by atoms with Gasteiger partial charge in [0.25, 0.3) is 11.1 Å². The molecule has 56 heavy (non-hydrogen) atoms. The molecule has 0 amide bonds. The van der Waals surface area contributed by atoms with Crippen molar-refractivity contribution in [1.29, 1.82) is 0 Å². The van der Waals surface area contributed by atoms with E-state index in [2.05, 4.69) is 26.8 Å². The summed E-state index contributed by atoms with van der Waals surface area (Å²) in [5.74, 6) is 2.02. The van der Waals surface area contributed by atoms with E-state index in [1.807, 2.05) is 84.9 Å². The molecule has 12 rings (SSSR count). The number of aryl methyl sites for hydroxylation is 2. The predicted octanol–water partition coefficient (Wildman–Crippen LogP) is 6.06. The highest BCUT2D eigenvalue weighted by atomic mass is 35.5. The second kappa shape index (κ2) is 14.2. The number of halogens is 1. The molecule has 0 aliphatic heterocycles. The Morgan fingerprint density at radius 1 is 0.732 bits per heavy atom. The lowest BCUT2D eigenvalue weighted by atomic mass is 9.50. The topological polar surface area (TPSA) is 149 Å². The quantitative estimate of drug-likeness (QED) is 0.195. The molecule has 6 aromatic rings. The van der Waals surface area contributed by atoms with Crippen LogP contribution in [0.2, 0.25) is 0 Å². The number of hydrogen-bond donors (Lipinski definition) is 1. The molecule has 2 N–H and O–H groups in total. The molecule has 296 valence electrons. The van der Waals surface area contributed by atoms with Crippen LogP contribution in [-0.2, 0) is 36.0 Å². The average Bonchev–Trinajstić information content (AvgIpc) is 3.74. The second-order valence-electron chi connectivity index (χ2n) is 17.3. The Labute approximate surface area is 335 Å². The number of benzene rings is 2. The molecule has 0 radical (unpaired) electrons. The molecule has 0 spiro atoms. The maximum Gasteiger partial charge on any atom is 0.258 e. The van der Waals surface area contributed by atoms with Gasteiger partial charge in [0.2, 0.25) is 0 Å². The smallest absolute Gasteiger partial charge is 0.258 e. The van der Waals surface area contributed by atoms with Gasteiger partial charge in [-0.05, 0) is 117 Å². The number of fused-ring (bicyclic) bond motifs is 2. The highest BCUT2D eigenvalue weighted by molar-refractivity contribution is 7.86. The molecule has 4 aromatic heterocycles. The van der Waals surface area contributed by atoms with Crippen LogP contribution in [0.15, 0.2) is 82.9 Å². The Hall–Kier alpha value is -4.46. The standard InChI is InChI=1S/C23H28N4O2S.C18H19N5O.CH4.ClH/c1-22(2,3)30(29)14-19(20-13-27(25-24-20)23-10-15(11-23)12-23)16-6-5-7-18-17(16)8-9-26(4)21(18)28;1-22-6-5-12-13(3-2-4-14(12)17(22)24)16(19)15-10-23(21-20-15)18-7-11(8-18)9-18;;/h5-9,13,15,19H,10-12,14H2,1-4H3;2-6,10-11,16H,7-9,19H2,1H3;1H4;1H/t15?,19-,23?,30-;11?,16-,18?;;/m00../s1. The van der Waals surface area contributed by atoms with E-state index in [1.54, 1.807) is 35.6 Å². The number of hydrogen-bond acceptors (Lipinski definition) is 8. The van der Waals surface area contributed by atoms with Gasteiger partial charge >= 0.3 is 0 Å². The molecular weight excluding hydrogens is 746 g/mol. The zero-order valence-corrected chi connectivity index (χ0v) is 33.5. The second-order valence-corrected chi connectivity index (χ2v) is 19.6. The molecule has 4 heterocycles. The van der Waals surface area contributed by atoms with Crippen molar-refractivity contribution in [3.8, 4) is 0 Å². The van der Waals surface area contributed by atoms with E-state index < -0.39 is 10.8 Å². The van der Waals surface area contributed by atoms with Gasteiger partial charge in [0.1, 0.15) is 5.69 Å². The summed E-state index contributed by atoms with van der Waals surface area (Å²) < 4.78 is 20.0. The van der Waals surface area contributed by atoms with Crippen molar-refractivity contribution in [2.75, 3.05) is 5.75 Å². The molecule has 3 atom stereocenters. The van der Waals surface area contributed by atoms with Crippen LogP contribution in [0.5, 0.6) is 0 Å². The zero-order valence-electron chi connectivity index (χ0n) is 31.9. The molecular formula is C42H52ClN9O3S. The van der Waals surface area contributed by atoms with Crippen molar-refractivity contribution in [2.24, 2.45) is 31.7 Å². The molecule has 12 nitrogen and oxygen atoms in total. The highest BCUT2D eigenvalue weighted by Crippen LogP contribution is 2.62. The number of pyridine rings is 2. The Morgan fingerprint density at radius 3 is 1.64 bits per heavy atom. The normalized spacial score (nSPS) is 24.5. The lowest BCUT2D eigenvalue weighted by Gasteiger charge is -2.61. The minimum Gasteiger partial charge on any atom is -0.319 e. The van der Waals surface area contributed by atoms with E-state index in [0.717, 1.165) is 45.1 Å². The fraction of sp³-hybridized carbons (Fsp3) is 0.476. The molecule has 2 aromatic carbocycles. The third-order valence-electron chi connectivity index (χ3n) is 12.7. The molecule has 4 bridgehead atoms. The molecule has 0 unspecified atom stereocenters. The third kappa shape index (κ3) is 6.35. The van der Waals surface area contributed by atoms with E-state index in [1.165, 1.54) is 38.5 Å². The van der Waals surface area contributed by atoms with E-state index in [9.17, 15) is 13.8 Å². The van der Waals surface area contributed by atoms with Crippen LogP contribution < -0.4 is 16.9 Å². The average molecular weight is 798 g/mol. The Kier molecular flexibility index (Phi) is 10.1. The van der Waals surface area contributed by atoms with Gasteiger partial charge in [-0.3, -0.25) is 13.8 Å². The Morgan fingerprint density at radius 2 is 1.18 bits per heavy atom. The summed E-state index contributed by atoms with van der Waals surface area (Å²) in [6, 6.07) is 15.0. The van der Waals surface area contributed by atoms with Crippen molar-refractivity contribution in [2.45, 2.75) is 94.5 Å². The maximum atomic E-state index is 13.1. The van der Waals surface area contributed by atoms with E-state index in [4.69, 9.17) is 5.73 Å². The molecule has 6 aliphatic carbocycles. The van der Waals surface area contributed by atoms with Gasteiger partial charge in [-0.2, -0.15) is 0 Å². The lowest BCUT2D eigenvalue weighted by molar-refractivity contribution is -0.0990. The molecule has 0 saturated heterocycles. The van der Waals surface area contributed by atoms with E-state index >= 15 is 0 Å². The van der Waals surface area contributed by atoms with E-state index in [0.29, 0.717) is 16.5 Å². The van der Waals surface area contributed by atoms with Crippen molar-refractivity contribution in [3.05, 3.63) is 117 Å². The highest BCUT2D eigenvalue weighted by Gasteiger charge is 2.59. The summed E-state index contributed by atoms with van der Waals surface area (Å²) in [6.07, 6.45) is 14.8. The van der Waals surface area contributed by atoms with Crippen molar-refractivity contribution >= 4 is 44.8 Å². The van der Waals surface area contributed by atoms with Gasteiger partial charge in [-0.15, -0.1) is 22.6 Å². The first-order valence-electron chi connectivity index (χ1n) is 18.9. The maximum absolute atomic E-state index is 13.1. The third-order valence-corrected chi connectivity index (χ3v) is 14.7. The predicted molar refractivity (Wildman–Crippen MR) is 224 cm³/mol. The van der Waals surface area contributed by atoms with Crippen LogP contribution in [-0.4, -0.2) is 53.8 Å². The summed E-state index contributed by atoms with van der Waals surface area (Å²) in [4.78, 5) is 25.0. The lowest BCUT2D eigenvalue weighted by Crippen LogP contribution is -2.59. The fourth-order valence-electron chi connectivity index (χ4n) is 9.02. The van der Waals surface area contributed by atoms with Gasteiger partial charge < -0.3 is 14.9 Å². The molecule has 6 saturated carbocycles. The fourth-order valence-corrected chi connectivity index (χ4v) is 10.2. The summed E-state index contributed by atoms with van der Waals surface area (Å²) in [5.41, 5.74) is 10.3. The van der Waals surface area contributed by atoms with Crippen molar-refractivity contribution in [3.63, 3.8) is 0 Å². The number of aromatic nitrogens is 8. The number of nitrogens with two attached hydrogens (primary N) is 1. The number of nitrogens with zero attached hydrogens (tertiary/aromatic N) is 8. The van der Waals surface area contributed by atoms with Crippen LogP contribution in [0.1, 0.15) is 101 Å². The SMILES string of the molecule is C.Cl.Cn1ccc2c([C@H](C[S@](=O)C(C)(C)C)c3cn(C45CC(C4)C5)nn3)cccc2c1=O.Cn1ccc2c([C@H](N)c3cn(C45CC(C4)C5)nn3)cccc2c1=O. The minimum absolute atomic E-state index is 0. The van der Waals surface area contributed by atoms with Gasteiger partial charge in [-0.1, -0.05) is 42.1 Å².